The molecule has 2 aromatic heterocycles. The van der Waals surface area contributed by atoms with Gasteiger partial charge >= 0.3 is 17.9 Å². The molecule has 4 rings (SSSR count). The Morgan fingerprint density at radius 1 is 1.00 bits per heavy atom. The molecule has 1 fully saturated rings. The molecule has 0 amide bonds. The first-order valence-corrected chi connectivity index (χ1v) is 11.3. The van der Waals surface area contributed by atoms with Gasteiger partial charge in [0, 0.05) is 27.3 Å². The Labute approximate surface area is 206 Å². The van der Waals surface area contributed by atoms with Crippen molar-refractivity contribution < 1.29 is 33.3 Å². The van der Waals surface area contributed by atoms with E-state index in [4.69, 9.17) is 18.9 Å². The molecule has 0 aliphatic carbocycles. The minimum Gasteiger partial charge on any atom is -0.463 e. The number of ether oxygens (including phenoxy) is 4. The third-order valence-corrected chi connectivity index (χ3v) is 5.45. The van der Waals surface area contributed by atoms with Gasteiger partial charge in [-0.2, -0.15) is 0 Å². The molecular formula is C24H27N5O7. The van der Waals surface area contributed by atoms with Gasteiger partial charge in [0.15, 0.2) is 35.4 Å². The minimum absolute atomic E-state index is 0.202. The van der Waals surface area contributed by atoms with Crippen LogP contribution in [0, 0.1) is 6.92 Å². The summed E-state index contributed by atoms with van der Waals surface area (Å²) in [6.45, 7) is 5.79. The minimum atomic E-state index is -1.04. The monoisotopic (exact) mass is 497 g/mol. The smallest absolute Gasteiger partial charge is 0.303 e. The van der Waals surface area contributed by atoms with E-state index in [1.54, 1.807) is 11.5 Å². The Hall–Kier alpha value is -4.06. The zero-order chi connectivity index (χ0) is 25.8. The van der Waals surface area contributed by atoms with Crippen LogP contribution in [0.1, 0.15) is 38.4 Å². The summed E-state index contributed by atoms with van der Waals surface area (Å²) in [5.41, 5.74) is 1.97. The quantitative estimate of drug-likeness (QED) is 0.361. The Bertz CT molecular complexity index is 1260. The van der Waals surface area contributed by atoms with E-state index in [0.717, 1.165) is 5.56 Å². The Morgan fingerprint density at radius 3 is 2.36 bits per heavy atom. The lowest BCUT2D eigenvalue weighted by atomic mass is 10.1. The van der Waals surface area contributed by atoms with Crippen LogP contribution in [0.3, 0.4) is 0 Å². The Balaban J connectivity index is 1.70. The van der Waals surface area contributed by atoms with Gasteiger partial charge < -0.3 is 24.3 Å². The maximum atomic E-state index is 11.9. The van der Waals surface area contributed by atoms with Crippen LogP contribution in [-0.4, -0.2) is 62.3 Å². The van der Waals surface area contributed by atoms with E-state index in [1.807, 2.05) is 30.3 Å². The summed E-state index contributed by atoms with van der Waals surface area (Å²) in [6.07, 6.45) is -2.41. The van der Waals surface area contributed by atoms with Crippen LogP contribution in [0.2, 0.25) is 0 Å². The predicted molar refractivity (Wildman–Crippen MR) is 125 cm³/mol. The summed E-state index contributed by atoms with van der Waals surface area (Å²) in [5.74, 6) is -0.724. The van der Waals surface area contributed by atoms with Crippen LogP contribution in [-0.2, 0) is 39.9 Å². The summed E-state index contributed by atoms with van der Waals surface area (Å²) in [4.78, 5) is 48.7. The number of rotatable bonds is 8. The number of esters is 3. The number of aryl methyl sites for hydroxylation is 1. The first kappa shape index (κ1) is 25.0. The molecule has 1 aliphatic rings. The van der Waals surface area contributed by atoms with Gasteiger partial charge in [0.05, 0.1) is 6.33 Å². The summed E-state index contributed by atoms with van der Waals surface area (Å²) in [7, 11) is 0. The SMILES string of the molecule is CC(=O)OC[C@H]1O[C@@H](n2cnc3c(NCc4ccccc4)nc(C)nc32)[C@H](OC(C)=O)[C@@H]1OC(C)=O. The van der Waals surface area contributed by atoms with Gasteiger partial charge in [-0.05, 0) is 12.5 Å². The van der Waals surface area contributed by atoms with E-state index < -0.39 is 42.4 Å². The molecule has 0 bridgehead atoms. The number of hydrogen-bond donors (Lipinski definition) is 1. The third kappa shape index (κ3) is 5.60. The maximum absolute atomic E-state index is 11.9. The van der Waals surface area contributed by atoms with E-state index in [-0.39, 0.29) is 6.61 Å². The molecule has 1 N–H and O–H groups in total. The number of nitrogens with one attached hydrogen (secondary N) is 1. The van der Waals surface area contributed by atoms with Crippen molar-refractivity contribution in [3.8, 4) is 0 Å². The van der Waals surface area contributed by atoms with E-state index in [0.29, 0.717) is 29.4 Å². The molecule has 1 aromatic carbocycles. The molecule has 12 nitrogen and oxygen atoms in total. The molecular weight excluding hydrogens is 470 g/mol. The van der Waals surface area contributed by atoms with Crippen molar-refractivity contribution in [3.05, 3.63) is 48.0 Å². The number of benzene rings is 1. The second kappa shape index (κ2) is 10.7. The lowest BCUT2D eigenvalue weighted by molar-refractivity contribution is -0.166. The van der Waals surface area contributed by atoms with Gasteiger partial charge in [0.1, 0.15) is 18.5 Å². The molecule has 190 valence electrons. The van der Waals surface area contributed by atoms with Crippen molar-refractivity contribution in [2.75, 3.05) is 11.9 Å². The van der Waals surface area contributed by atoms with Crippen molar-refractivity contribution in [3.63, 3.8) is 0 Å². The molecule has 1 aliphatic heterocycles. The molecule has 1 saturated heterocycles. The first-order chi connectivity index (χ1) is 17.2. The van der Waals surface area contributed by atoms with Crippen LogP contribution in [0.15, 0.2) is 36.7 Å². The highest BCUT2D eigenvalue weighted by Crippen LogP contribution is 2.36. The second-order valence-electron chi connectivity index (χ2n) is 8.30. The van der Waals surface area contributed by atoms with Gasteiger partial charge in [-0.25, -0.2) is 15.0 Å². The van der Waals surface area contributed by atoms with E-state index in [9.17, 15) is 14.4 Å². The third-order valence-electron chi connectivity index (χ3n) is 5.45. The van der Waals surface area contributed by atoms with Gasteiger partial charge in [0.2, 0.25) is 0 Å². The average molecular weight is 498 g/mol. The zero-order valence-corrected chi connectivity index (χ0v) is 20.3. The number of anilines is 1. The molecule has 36 heavy (non-hydrogen) atoms. The predicted octanol–water partition coefficient (Wildman–Crippen LogP) is 2.07. The normalized spacial score (nSPS) is 21.2. The number of aromatic nitrogens is 4. The highest BCUT2D eigenvalue weighted by atomic mass is 16.7. The Kier molecular flexibility index (Phi) is 7.44. The van der Waals surface area contributed by atoms with Gasteiger partial charge in [-0.15, -0.1) is 0 Å². The average Bonchev–Trinajstić information content (AvgIpc) is 3.37. The fraction of sp³-hybridized carbons (Fsp3) is 0.417. The molecule has 3 heterocycles. The van der Waals surface area contributed by atoms with Crippen molar-refractivity contribution in [2.45, 2.75) is 58.8 Å². The lowest BCUT2D eigenvalue weighted by Crippen LogP contribution is -2.40. The molecule has 0 radical (unpaired) electrons. The summed E-state index contributed by atoms with van der Waals surface area (Å²) >= 11 is 0. The fourth-order valence-electron chi connectivity index (χ4n) is 4.03. The zero-order valence-electron chi connectivity index (χ0n) is 20.3. The van der Waals surface area contributed by atoms with Crippen LogP contribution in [0.25, 0.3) is 11.2 Å². The summed E-state index contributed by atoms with van der Waals surface area (Å²) in [5, 5.41) is 3.29. The van der Waals surface area contributed by atoms with Gasteiger partial charge in [0.25, 0.3) is 0 Å². The summed E-state index contributed by atoms with van der Waals surface area (Å²) in [6, 6.07) is 9.82. The molecule has 12 heteroatoms. The number of fused-ring (bicyclic) bond motifs is 1. The Morgan fingerprint density at radius 2 is 1.69 bits per heavy atom. The highest BCUT2D eigenvalue weighted by molar-refractivity contribution is 5.83. The topological polar surface area (TPSA) is 144 Å². The maximum Gasteiger partial charge on any atom is 0.303 e. The van der Waals surface area contributed by atoms with Crippen molar-refractivity contribution in [1.29, 1.82) is 0 Å². The van der Waals surface area contributed by atoms with Crippen LogP contribution in [0.5, 0.6) is 0 Å². The molecule has 0 unspecified atom stereocenters. The van der Waals surface area contributed by atoms with Crippen molar-refractivity contribution >= 4 is 34.9 Å². The fourth-order valence-corrected chi connectivity index (χ4v) is 4.03. The largest absolute Gasteiger partial charge is 0.463 e. The van der Waals surface area contributed by atoms with E-state index in [1.165, 1.54) is 27.1 Å². The van der Waals surface area contributed by atoms with Gasteiger partial charge in [-0.3, -0.25) is 19.0 Å². The number of nitrogens with zero attached hydrogens (tertiary/aromatic N) is 4. The second-order valence-corrected chi connectivity index (χ2v) is 8.30. The summed E-state index contributed by atoms with van der Waals surface area (Å²) < 4.78 is 23.8. The van der Waals surface area contributed by atoms with Crippen molar-refractivity contribution in [1.82, 2.24) is 19.5 Å². The van der Waals surface area contributed by atoms with E-state index in [2.05, 4.69) is 20.3 Å². The number of imidazole rings is 1. The number of hydrogen-bond acceptors (Lipinski definition) is 11. The first-order valence-electron chi connectivity index (χ1n) is 11.3. The van der Waals surface area contributed by atoms with Gasteiger partial charge in [-0.1, -0.05) is 30.3 Å². The molecule has 0 spiro atoms. The molecule has 3 aromatic rings. The highest BCUT2D eigenvalue weighted by Gasteiger charge is 2.51. The van der Waals surface area contributed by atoms with Crippen LogP contribution < -0.4 is 5.32 Å². The number of carbonyl (C=O) groups is 3. The van der Waals surface area contributed by atoms with E-state index >= 15 is 0 Å². The standard InChI is InChI=1S/C24H27N5O7/c1-13-27-22(25-10-17-8-6-5-7-9-17)19-23(28-13)29(12-26-19)24-21(35-16(4)32)20(34-15(3)31)18(36-24)11-33-14(2)30/h5-9,12,18,20-21,24H,10-11H2,1-4H3,(H,25,27,28)/t18-,20-,21-,24-/m1/s1. The van der Waals surface area contributed by atoms with Crippen LogP contribution >= 0.6 is 0 Å². The lowest BCUT2D eigenvalue weighted by Gasteiger charge is -2.23. The number of carbonyl (C=O) groups excluding carboxylic acids is 3. The molecule has 4 atom stereocenters. The van der Waals surface area contributed by atoms with Crippen molar-refractivity contribution in [2.24, 2.45) is 0 Å². The molecule has 0 saturated carbocycles. The van der Waals surface area contributed by atoms with Crippen LogP contribution in [0.4, 0.5) is 5.82 Å².